The largest absolute Gasteiger partial charge is 0.391 e. The van der Waals surface area contributed by atoms with Crippen molar-refractivity contribution in [2.45, 2.75) is 62.7 Å². The van der Waals surface area contributed by atoms with Gasteiger partial charge in [-0.15, -0.1) is 10.2 Å². The molecule has 0 unspecified atom stereocenters. The summed E-state index contributed by atoms with van der Waals surface area (Å²) in [5.74, 6) is 0.807. The second-order valence-corrected chi connectivity index (χ2v) is 6.93. The van der Waals surface area contributed by atoms with E-state index in [1.807, 2.05) is 0 Å². The van der Waals surface area contributed by atoms with Gasteiger partial charge in [0.2, 0.25) is 0 Å². The summed E-state index contributed by atoms with van der Waals surface area (Å²) in [6, 6.07) is 0.0666. The van der Waals surface area contributed by atoms with Gasteiger partial charge in [0.05, 0.1) is 25.4 Å². The van der Waals surface area contributed by atoms with Gasteiger partial charge in [-0.2, -0.15) is 0 Å². The van der Waals surface area contributed by atoms with E-state index in [1.54, 1.807) is 0 Å². The summed E-state index contributed by atoms with van der Waals surface area (Å²) in [6.07, 6.45) is 6.00. The number of rotatable bonds is 2. The topological polar surface area (TPSA) is 67.3 Å². The predicted octanol–water partition coefficient (Wildman–Crippen LogP) is 2.41. The van der Waals surface area contributed by atoms with Crippen LogP contribution in [0.3, 0.4) is 0 Å². The van der Waals surface area contributed by atoms with Crippen molar-refractivity contribution >= 4 is 17.4 Å². The first-order chi connectivity index (χ1) is 10.2. The van der Waals surface area contributed by atoms with E-state index in [4.69, 9.17) is 16.3 Å². The molecule has 0 aromatic carbocycles. The summed E-state index contributed by atoms with van der Waals surface area (Å²) in [4.78, 5) is 0. The van der Waals surface area contributed by atoms with Crippen LogP contribution >= 0.6 is 11.6 Å². The van der Waals surface area contributed by atoms with E-state index in [1.165, 1.54) is 5.56 Å². The minimum Gasteiger partial charge on any atom is -0.391 e. The highest BCUT2D eigenvalue weighted by Crippen LogP contribution is 2.54. The molecule has 2 fully saturated rings. The fourth-order valence-electron chi connectivity index (χ4n) is 3.68. The second kappa shape index (κ2) is 5.07. The van der Waals surface area contributed by atoms with E-state index in [2.05, 4.69) is 15.5 Å². The molecule has 4 rings (SSSR count). The fraction of sp³-hybridized carbons (Fsp3) is 0.733. The van der Waals surface area contributed by atoms with Crippen molar-refractivity contribution in [2.75, 3.05) is 11.9 Å². The van der Waals surface area contributed by atoms with E-state index in [9.17, 15) is 5.11 Å². The van der Waals surface area contributed by atoms with Crippen LogP contribution in [0.15, 0.2) is 0 Å². The van der Waals surface area contributed by atoms with Crippen LogP contribution < -0.4 is 5.32 Å². The maximum Gasteiger partial charge on any atom is 0.157 e. The Kier molecular flexibility index (Phi) is 3.32. The average molecular weight is 310 g/mol. The van der Waals surface area contributed by atoms with Gasteiger partial charge in [-0.25, -0.2) is 0 Å². The van der Waals surface area contributed by atoms with Gasteiger partial charge in [-0.3, -0.25) is 0 Å². The number of aliphatic hydroxyl groups is 1. The Morgan fingerprint density at radius 2 is 2.05 bits per heavy atom. The number of aromatic nitrogens is 2. The minimum atomic E-state index is -0.304. The lowest BCUT2D eigenvalue weighted by molar-refractivity contribution is 0.0833. The lowest BCUT2D eigenvalue weighted by Gasteiger charge is -2.32. The summed E-state index contributed by atoms with van der Waals surface area (Å²) < 4.78 is 5.69. The zero-order chi connectivity index (χ0) is 14.4. The molecule has 0 saturated heterocycles. The fourth-order valence-corrected chi connectivity index (χ4v) is 3.86. The van der Waals surface area contributed by atoms with Gasteiger partial charge in [0.25, 0.3) is 0 Å². The van der Waals surface area contributed by atoms with Crippen molar-refractivity contribution in [3.8, 4) is 0 Å². The number of hydrogen-bond acceptors (Lipinski definition) is 5. The molecule has 2 N–H and O–H groups in total. The lowest BCUT2D eigenvalue weighted by Crippen LogP contribution is -2.38. The number of nitrogens with one attached hydrogen (secondary N) is 1. The van der Waals surface area contributed by atoms with Gasteiger partial charge in [0, 0.05) is 16.5 Å². The Hall–Kier alpha value is -0.910. The van der Waals surface area contributed by atoms with Gasteiger partial charge < -0.3 is 15.2 Å². The highest BCUT2D eigenvalue weighted by molar-refractivity contribution is 6.30. The number of hydrogen-bond donors (Lipinski definition) is 2. The quantitative estimate of drug-likeness (QED) is 0.878. The molecule has 0 bridgehead atoms. The van der Waals surface area contributed by atoms with Gasteiger partial charge in [0.15, 0.2) is 11.0 Å². The minimum absolute atomic E-state index is 0.0666. The second-order valence-electron chi connectivity index (χ2n) is 6.57. The predicted molar refractivity (Wildman–Crippen MR) is 79.5 cm³/mol. The van der Waals surface area contributed by atoms with E-state index in [0.717, 1.165) is 56.5 Å². The van der Waals surface area contributed by atoms with Gasteiger partial charge >= 0.3 is 0 Å². The molecule has 1 aromatic heterocycles. The molecule has 2 atom stereocenters. The molecule has 1 aromatic rings. The molecule has 5 nitrogen and oxygen atoms in total. The Bertz CT molecular complexity index is 562. The third-order valence-electron chi connectivity index (χ3n) is 5.09. The van der Waals surface area contributed by atoms with Crippen LogP contribution in [0.4, 0.5) is 5.82 Å². The van der Waals surface area contributed by atoms with Crippen LogP contribution in [-0.2, 0) is 16.8 Å². The zero-order valence-corrected chi connectivity index (χ0v) is 12.7. The molecule has 114 valence electrons. The highest BCUT2D eigenvalue weighted by atomic mass is 35.5. The maximum absolute atomic E-state index is 10.2. The zero-order valence-electron chi connectivity index (χ0n) is 11.9. The molecule has 6 heteroatoms. The van der Waals surface area contributed by atoms with Crippen molar-refractivity contribution < 1.29 is 9.84 Å². The van der Waals surface area contributed by atoms with E-state index in [-0.39, 0.29) is 17.6 Å². The molecular formula is C15H20ClN3O2. The first kappa shape index (κ1) is 13.7. The van der Waals surface area contributed by atoms with E-state index < -0.39 is 0 Å². The van der Waals surface area contributed by atoms with Crippen molar-refractivity contribution in [1.82, 2.24) is 10.2 Å². The van der Waals surface area contributed by atoms with Crippen LogP contribution in [0.25, 0.3) is 0 Å². The summed E-state index contributed by atoms with van der Waals surface area (Å²) in [5.41, 5.74) is 2.24. The molecule has 21 heavy (non-hydrogen) atoms. The molecule has 0 radical (unpaired) electrons. The lowest BCUT2D eigenvalue weighted by atomic mass is 9.89. The summed E-state index contributed by atoms with van der Waals surface area (Å²) in [6.45, 7) is 1.25. The van der Waals surface area contributed by atoms with Crippen molar-refractivity contribution in [3.63, 3.8) is 0 Å². The van der Waals surface area contributed by atoms with Gasteiger partial charge in [-0.1, -0.05) is 24.4 Å². The summed E-state index contributed by atoms with van der Waals surface area (Å²) in [7, 11) is 0. The Balaban J connectivity index is 1.69. The monoisotopic (exact) mass is 309 g/mol. The Morgan fingerprint density at radius 3 is 2.81 bits per heavy atom. The normalized spacial score (nSPS) is 30.0. The van der Waals surface area contributed by atoms with Crippen molar-refractivity contribution in [3.05, 3.63) is 16.3 Å². The molecule has 1 spiro atoms. The maximum atomic E-state index is 10.2. The number of halogens is 1. The number of nitrogens with zero attached hydrogens (tertiary/aromatic N) is 2. The van der Waals surface area contributed by atoms with Gasteiger partial charge in [0.1, 0.15) is 0 Å². The Labute approximate surface area is 129 Å². The smallest absolute Gasteiger partial charge is 0.157 e. The van der Waals surface area contributed by atoms with Crippen LogP contribution in [0.1, 0.15) is 49.7 Å². The molecule has 2 aliphatic carbocycles. The SMILES string of the molecule is O[C@@H]1CCCC[C@H]1Nc1nnc(Cl)c2c1C1(CC1)COC2. The molecule has 3 aliphatic rings. The Morgan fingerprint density at radius 1 is 1.24 bits per heavy atom. The number of anilines is 1. The number of aliphatic hydroxyl groups excluding tert-OH is 1. The standard InChI is InChI=1S/C15H20ClN3O2/c16-13-9-7-21-8-15(5-6-15)12(9)14(19-18-13)17-10-3-1-2-4-11(10)20/h10-11,20H,1-8H2,(H,17,19)/t10-,11-/m1/s1. The van der Waals surface area contributed by atoms with Crippen LogP contribution in [0.2, 0.25) is 5.15 Å². The summed E-state index contributed by atoms with van der Waals surface area (Å²) in [5, 5.41) is 22.4. The average Bonchev–Trinajstić information content (AvgIpc) is 3.25. The van der Waals surface area contributed by atoms with Crippen molar-refractivity contribution in [1.29, 1.82) is 0 Å². The van der Waals surface area contributed by atoms with E-state index >= 15 is 0 Å². The molecule has 0 amide bonds. The third-order valence-corrected chi connectivity index (χ3v) is 5.39. The molecule has 1 aliphatic heterocycles. The number of ether oxygens (including phenoxy) is 1. The number of fused-ring (bicyclic) bond motifs is 2. The van der Waals surface area contributed by atoms with Crippen LogP contribution in [-0.4, -0.2) is 34.1 Å². The van der Waals surface area contributed by atoms with Crippen molar-refractivity contribution in [2.24, 2.45) is 0 Å². The first-order valence-corrected chi connectivity index (χ1v) is 8.15. The van der Waals surface area contributed by atoms with E-state index in [0.29, 0.717) is 11.8 Å². The highest BCUT2D eigenvalue weighted by Gasteiger charge is 2.50. The van der Waals surface area contributed by atoms with Gasteiger partial charge in [-0.05, 0) is 25.7 Å². The molecular weight excluding hydrogens is 290 g/mol. The molecule has 2 saturated carbocycles. The van der Waals surface area contributed by atoms with Crippen LogP contribution in [0.5, 0.6) is 0 Å². The molecule has 2 heterocycles. The summed E-state index contributed by atoms with van der Waals surface area (Å²) >= 11 is 6.21. The first-order valence-electron chi connectivity index (χ1n) is 7.77. The third kappa shape index (κ3) is 2.31. The van der Waals surface area contributed by atoms with Crippen LogP contribution in [0, 0.1) is 0 Å².